The highest BCUT2D eigenvalue weighted by molar-refractivity contribution is 5.12. The fraction of sp³-hybridized carbons (Fsp3) is 1.00. The van der Waals surface area contributed by atoms with Crippen molar-refractivity contribution in [2.45, 2.75) is 82.9 Å². The molecule has 0 heterocycles. The molecule has 2 N–H and O–H groups in total. The van der Waals surface area contributed by atoms with E-state index in [1.54, 1.807) is 0 Å². The maximum absolute atomic E-state index is 16.1. The first-order valence-electron chi connectivity index (χ1n) is 9.82. The predicted molar refractivity (Wildman–Crippen MR) is 88.7 cm³/mol. The molecular weight excluding hydrogens is 291 g/mol. The summed E-state index contributed by atoms with van der Waals surface area (Å²) in [6, 6.07) is 0. The van der Waals surface area contributed by atoms with Gasteiger partial charge in [0.2, 0.25) is 0 Å². The smallest absolute Gasteiger partial charge is 0.117 e. The van der Waals surface area contributed by atoms with E-state index in [0.29, 0.717) is 43.6 Å². The van der Waals surface area contributed by atoms with Crippen molar-refractivity contribution in [1.29, 1.82) is 0 Å². The maximum Gasteiger partial charge on any atom is 0.117 e. The lowest BCUT2D eigenvalue weighted by Gasteiger charge is -2.59. The lowest BCUT2D eigenvalue weighted by Crippen LogP contribution is -2.58. The molecule has 4 saturated carbocycles. The van der Waals surface area contributed by atoms with Crippen LogP contribution in [0.1, 0.15) is 71.6 Å². The second-order valence-corrected chi connectivity index (χ2v) is 9.78. The Morgan fingerprint density at radius 1 is 0.957 bits per heavy atom. The van der Waals surface area contributed by atoms with Gasteiger partial charge in [-0.25, -0.2) is 4.39 Å². The van der Waals surface area contributed by atoms with Gasteiger partial charge in [0.05, 0.1) is 5.60 Å². The zero-order valence-corrected chi connectivity index (χ0v) is 14.7. The monoisotopic (exact) mass is 324 g/mol. The molecule has 4 fully saturated rings. The molecule has 0 saturated heterocycles. The predicted octanol–water partition coefficient (Wildman–Crippen LogP) is 4.09. The SMILES string of the molecule is C[C@@]1(O)CC[C@@]2(F)[C@H](CC[C@H]3[C@@H]4CC[C@H](CO)[C@@]4(C)CC[C@@H]32)C1. The summed E-state index contributed by atoms with van der Waals surface area (Å²) in [6.07, 6.45) is 8.28. The van der Waals surface area contributed by atoms with Gasteiger partial charge < -0.3 is 10.2 Å². The number of hydrogen-bond acceptors (Lipinski definition) is 2. The van der Waals surface area contributed by atoms with Crippen LogP contribution in [0.2, 0.25) is 0 Å². The van der Waals surface area contributed by atoms with Crippen LogP contribution in [0.25, 0.3) is 0 Å². The quantitative estimate of drug-likeness (QED) is 0.762. The zero-order valence-electron chi connectivity index (χ0n) is 14.7. The van der Waals surface area contributed by atoms with Crippen LogP contribution in [0.3, 0.4) is 0 Å². The van der Waals surface area contributed by atoms with Crippen molar-refractivity contribution < 1.29 is 14.6 Å². The van der Waals surface area contributed by atoms with E-state index in [4.69, 9.17) is 0 Å². The van der Waals surface area contributed by atoms with Crippen LogP contribution < -0.4 is 0 Å². The average Bonchev–Trinajstić information content (AvgIpc) is 2.84. The van der Waals surface area contributed by atoms with Gasteiger partial charge in [0.25, 0.3) is 0 Å². The summed E-state index contributed by atoms with van der Waals surface area (Å²) in [4.78, 5) is 0. The third-order valence-electron chi connectivity index (χ3n) is 8.73. The zero-order chi connectivity index (χ0) is 16.5. The van der Waals surface area contributed by atoms with Crippen LogP contribution in [0.4, 0.5) is 4.39 Å². The fourth-order valence-electron chi connectivity index (χ4n) is 7.39. The minimum atomic E-state index is -1.04. The highest BCUT2D eigenvalue weighted by Crippen LogP contribution is 2.66. The number of alkyl halides is 1. The average molecular weight is 324 g/mol. The van der Waals surface area contributed by atoms with Crippen LogP contribution in [0.15, 0.2) is 0 Å². The van der Waals surface area contributed by atoms with E-state index < -0.39 is 11.3 Å². The van der Waals surface area contributed by atoms with E-state index in [9.17, 15) is 10.2 Å². The molecule has 0 spiro atoms. The normalized spacial score (nSPS) is 59.1. The molecule has 0 amide bonds. The van der Waals surface area contributed by atoms with E-state index in [2.05, 4.69) is 6.92 Å². The van der Waals surface area contributed by atoms with Gasteiger partial charge in [-0.3, -0.25) is 0 Å². The van der Waals surface area contributed by atoms with Crippen LogP contribution in [-0.4, -0.2) is 28.1 Å². The van der Waals surface area contributed by atoms with Gasteiger partial charge in [0.15, 0.2) is 0 Å². The van der Waals surface area contributed by atoms with Crippen molar-refractivity contribution in [1.82, 2.24) is 0 Å². The molecule has 0 aliphatic heterocycles. The first-order valence-corrected chi connectivity index (χ1v) is 9.82. The molecule has 0 bridgehead atoms. The second-order valence-electron chi connectivity index (χ2n) is 9.78. The molecular formula is C20H33FO2. The molecule has 0 aromatic heterocycles. The lowest BCUT2D eigenvalue weighted by atomic mass is 9.48. The lowest BCUT2D eigenvalue weighted by molar-refractivity contribution is -0.165. The molecule has 2 nitrogen and oxygen atoms in total. The van der Waals surface area contributed by atoms with Gasteiger partial charge in [-0.15, -0.1) is 0 Å². The summed E-state index contributed by atoms with van der Waals surface area (Å²) in [5.41, 5.74) is -1.46. The first kappa shape index (κ1) is 16.3. The van der Waals surface area contributed by atoms with Crippen molar-refractivity contribution in [3.63, 3.8) is 0 Å². The molecule has 0 unspecified atom stereocenters. The summed E-state index contributed by atoms with van der Waals surface area (Å²) >= 11 is 0. The summed E-state index contributed by atoms with van der Waals surface area (Å²) in [5.74, 6) is 1.80. The van der Waals surface area contributed by atoms with E-state index in [1.165, 1.54) is 6.42 Å². The number of aliphatic hydroxyl groups excluding tert-OH is 1. The standard InChI is InChI=1S/C20H33FO2/c1-18(23)9-10-20(21)13(11-18)3-5-15-16-6-4-14(12-22)19(16,2)8-7-17(15)20/h13-17,22-23H,3-12H2,1-2H3/t13-,14-,15+,16+,17+,18-,19-,20-/m1/s1. The molecule has 8 atom stereocenters. The van der Waals surface area contributed by atoms with Crippen LogP contribution >= 0.6 is 0 Å². The Labute approximate surface area is 139 Å². The Kier molecular flexibility index (Phi) is 3.67. The Morgan fingerprint density at radius 3 is 2.48 bits per heavy atom. The molecule has 4 rings (SSSR count). The Morgan fingerprint density at radius 2 is 1.74 bits per heavy atom. The number of fused-ring (bicyclic) bond motifs is 5. The number of aliphatic hydroxyl groups is 2. The summed E-state index contributed by atoms with van der Waals surface area (Å²) < 4.78 is 16.1. The fourth-order valence-corrected chi connectivity index (χ4v) is 7.39. The van der Waals surface area contributed by atoms with Gasteiger partial charge in [0.1, 0.15) is 5.67 Å². The minimum Gasteiger partial charge on any atom is -0.396 e. The van der Waals surface area contributed by atoms with Crippen molar-refractivity contribution in [3.8, 4) is 0 Å². The molecule has 0 aromatic rings. The largest absolute Gasteiger partial charge is 0.396 e. The van der Waals surface area contributed by atoms with Gasteiger partial charge in [0, 0.05) is 6.61 Å². The van der Waals surface area contributed by atoms with Crippen LogP contribution in [-0.2, 0) is 0 Å². The van der Waals surface area contributed by atoms with E-state index in [0.717, 1.165) is 32.1 Å². The van der Waals surface area contributed by atoms with E-state index in [-0.39, 0.29) is 17.3 Å². The molecule has 132 valence electrons. The second kappa shape index (κ2) is 5.17. The number of halogens is 1. The van der Waals surface area contributed by atoms with Crippen molar-refractivity contribution in [2.24, 2.45) is 35.0 Å². The third kappa shape index (κ3) is 2.25. The Balaban J connectivity index is 1.60. The number of rotatable bonds is 1. The van der Waals surface area contributed by atoms with E-state index in [1.807, 2.05) is 6.92 Å². The highest BCUT2D eigenvalue weighted by Gasteiger charge is 2.62. The van der Waals surface area contributed by atoms with Crippen molar-refractivity contribution in [3.05, 3.63) is 0 Å². The summed E-state index contributed by atoms with van der Waals surface area (Å²) in [6.45, 7) is 4.56. The minimum absolute atomic E-state index is 0.0619. The van der Waals surface area contributed by atoms with E-state index >= 15 is 4.39 Å². The molecule has 3 heteroatoms. The topological polar surface area (TPSA) is 40.5 Å². The molecule has 4 aliphatic rings. The van der Waals surface area contributed by atoms with Crippen molar-refractivity contribution >= 4 is 0 Å². The van der Waals surface area contributed by atoms with Gasteiger partial charge in [-0.2, -0.15) is 0 Å². The molecule has 0 aromatic carbocycles. The van der Waals surface area contributed by atoms with Gasteiger partial charge in [-0.1, -0.05) is 6.92 Å². The maximum atomic E-state index is 16.1. The Bertz CT molecular complexity index is 478. The highest BCUT2D eigenvalue weighted by atomic mass is 19.1. The third-order valence-corrected chi connectivity index (χ3v) is 8.73. The van der Waals surface area contributed by atoms with Gasteiger partial charge >= 0.3 is 0 Å². The van der Waals surface area contributed by atoms with Gasteiger partial charge in [-0.05, 0) is 99.7 Å². The van der Waals surface area contributed by atoms with Crippen LogP contribution in [0, 0.1) is 35.0 Å². The Hall–Kier alpha value is -0.150. The first-order chi connectivity index (χ1) is 10.8. The number of hydrogen-bond donors (Lipinski definition) is 2. The molecule has 23 heavy (non-hydrogen) atoms. The van der Waals surface area contributed by atoms with Crippen molar-refractivity contribution in [2.75, 3.05) is 6.61 Å². The summed E-state index contributed by atoms with van der Waals surface area (Å²) in [7, 11) is 0. The molecule has 0 radical (unpaired) electrons. The molecule has 4 aliphatic carbocycles. The summed E-state index contributed by atoms with van der Waals surface area (Å²) in [5, 5.41) is 20.1. The van der Waals surface area contributed by atoms with Crippen LogP contribution in [0.5, 0.6) is 0 Å².